The van der Waals surface area contributed by atoms with Gasteiger partial charge in [0.1, 0.15) is 0 Å². The third-order valence-electron chi connectivity index (χ3n) is 2.48. The van der Waals surface area contributed by atoms with E-state index in [1.54, 1.807) is 28.9 Å². The molecule has 5 nitrogen and oxygen atoms in total. The molecule has 1 N–H and O–H groups in total. The van der Waals surface area contributed by atoms with Crippen LogP contribution in [0.4, 0.5) is 0 Å². The summed E-state index contributed by atoms with van der Waals surface area (Å²) in [5, 5.41) is 13.2. The number of carbonyl (C=O) groups excluding carboxylic acids is 1. The van der Waals surface area contributed by atoms with Crippen LogP contribution in [0.3, 0.4) is 0 Å². The summed E-state index contributed by atoms with van der Waals surface area (Å²) in [4.78, 5) is 13.8. The fraction of sp³-hybridized carbons (Fsp3) is 0.500. The van der Waals surface area contributed by atoms with Gasteiger partial charge in [0.25, 0.3) is 5.91 Å². The summed E-state index contributed by atoms with van der Waals surface area (Å²) < 4.78 is 1.64. The Hall–Kier alpha value is -1.62. The van der Waals surface area contributed by atoms with Crippen molar-refractivity contribution in [3.05, 3.63) is 30.1 Å². The van der Waals surface area contributed by atoms with Crippen LogP contribution in [0, 0.1) is 0 Å². The van der Waals surface area contributed by atoms with Crippen LogP contribution >= 0.6 is 0 Å². The quantitative estimate of drug-likeness (QED) is 0.737. The van der Waals surface area contributed by atoms with Gasteiger partial charge < -0.3 is 10.0 Å². The first-order valence-electron chi connectivity index (χ1n) is 5.67. The zero-order chi connectivity index (χ0) is 12.8. The van der Waals surface area contributed by atoms with Crippen molar-refractivity contribution in [3.63, 3.8) is 0 Å². The normalized spacial score (nSPS) is 10.3. The van der Waals surface area contributed by atoms with Gasteiger partial charge in [-0.05, 0) is 6.42 Å². The van der Waals surface area contributed by atoms with Crippen molar-refractivity contribution in [2.75, 3.05) is 19.7 Å². The number of aliphatic hydroxyl groups is 1. The van der Waals surface area contributed by atoms with Gasteiger partial charge in [-0.15, -0.1) is 6.58 Å². The summed E-state index contributed by atoms with van der Waals surface area (Å²) >= 11 is 0. The number of hydrogen-bond donors (Lipinski definition) is 1. The molecule has 1 rings (SSSR count). The van der Waals surface area contributed by atoms with Gasteiger partial charge >= 0.3 is 0 Å². The van der Waals surface area contributed by atoms with E-state index in [-0.39, 0.29) is 12.5 Å². The summed E-state index contributed by atoms with van der Waals surface area (Å²) in [6, 6.07) is 0. The first-order chi connectivity index (χ1) is 8.13. The van der Waals surface area contributed by atoms with E-state index in [9.17, 15) is 4.79 Å². The second kappa shape index (κ2) is 6.20. The predicted octanol–water partition coefficient (Wildman–Crippen LogP) is 0.603. The average molecular weight is 237 g/mol. The Morgan fingerprint density at radius 2 is 2.41 bits per heavy atom. The molecule has 0 aromatic carbocycles. The maximum Gasteiger partial charge on any atom is 0.257 e. The Kier molecular flexibility index (Phi) is 4.90. The van der Waals surface area contributed by atoms with Gasteiger partial charge in [0, 0.05) is 26.3 Å². The van der Waals surface area contributed by atoms with E-state index in [0.29, 0.717) is 25.1 Å². The minimum absolute atomic E-state index is 0.0543. The minimum Gasteiger partial charge on any atom is -0.395 e. The van der Waals surface area contributed by atoms with Gasteiger partial charge in [-0.3, -0.25) is 9.48 Å². The highest BCUT2D eigenvalue weighted by Gasteiger charge is 2.19. The molecular formula is C12H19N3O2. The van der Waals surface area contributed by atoms with E-state index in [0.717, 1.165) is 5.69 Å². The molecule has 0 bridgehead atoms. The Morgan fingerprint density at radius 1 is 1.71 bits per heavy atom. The van der Waals surface area contributed by atoms with Gasteiger partial charge in [0.15, 0.2) is 0 Å². The smallest absolute Gasteiger partial charge is 0.257 e. The van der Waals surface area contributed by atoms with Crippen molar-refractivity contribution in [1.82, 2.24) is 14.7 Å². The van der Waals surface area contributed by atoms with Crippen LogP contribution in [-0.4, -0.2) is 45.4 Å². The molecular weight excluding hydrogens is 218 g/mol. The molecule has 0 aliphatic carbocycles. The van der Waals surface area contributed by atoms with Crippen LogP contribution < -0.4 is 0 Å². The molecule has 1 amide bonds. The van der Waals surface area contributed by atoms with E-state index in [1.807, 2.05) is 6.92 Å². The average Bonchev–Trinajstić information content (AvgIpc) is 2.69. The minimum atomic E-state index is -0.107. The van der Waals surface area contributed by atoms with Gasteiger partial charge in [-0.1, -0.05) is 13.0 Å². The largest absolute Gasteiger partial charge is 0.395 e. The van der Waals surface area contributed by atoms with E-state index in [1.165, 1.54) is 0 Å². The number of amides is 1. The van der Waals surface area contributed by atoms with Crippen molar-refractivity contribution >= 4 is 5.91 Å². The molecule has 0 fully saturated rings. The van der Waals surface area contributed by atoms with Crippen LogP contribution in [-0.2, 0) is 13.5 Å². The number of aromatic nitrogens is 2. The lowest BCUT2D eigenvalue weighted by molar-refractivity contribution is 0.0741. The van der Waals surface area contributed by atoms with Crippen molar-refractivity contribution in [2.24, 2.45) is 7.05 Å². The van der Waals surface area contributed by atoms with Gasteiger partial charge in [0.2, 0.25) is 0 Å². The third-order valence-corrected chi connectivity index (χ3v) is 2.48. The fourth-order valence-corrected chi connectivity index (χ4v) is 1.70. The molecule has 0 unspecified atom stereocenters. The summed E-state index contributed by atoms with van der Waals surface area (Å²) in [6.07, 6.45) is 4.08. The lowest BCUT2D eigenvalue weighted by Crippen LogP contribution is -2.34. The Labute approximate surface area is 101 Å². The van der Waals surface area contributed by atoms with Crippen LogP contribution in [0.25, 0.3) is 0 Å². The lowest BCUT2D eigenvalue weighted by atomic mass is 10.2. The van der Waals surface area contributed by atoms with E-state index in [2.05, 4.69) is 11.7 Å². The molecule has 0 saturated carbocycles. The lowest BCUT2D eigenvalue weighted by Gasteiger charge is -2.19. The number of rotatable bonds is 6. The maximum absolute atomic E-state index is 12.2. The SMILES string of the molecule is C=CCN(CCO)C(=O)c1cn(C)nc1CC. The number of aryl methyl sites for hydroxylation is 2. The van der Waals surface area contributed by atoms with Crippen molar-refractivity contribution in [3.8, 4) is 0 Å². The van der Waals surface area contributed by atoms with Crippen LogP contribution in [0.5, 0.6) is 0 Å². The molecule has 0 aliphatic rings. The van der Waals surface area contributed by atoms with Gasteiger partial charge in [-0.2, -0.15) is 5.10 Å². The maximum atomic E-state index is 12.2. The highest BCUT2D eigenvalue weighted by molar-refractivity contribution is 5.95. The zero-order valence-electron chi connectivity index (χ0n) is 10.4. The van der Waals surface area contributed by atoms with Crippen molar-refractivity contribution < 1.29 is 9.90 Å². The van der Waals surface area contributed by atoms with E-state index in [4.69, 9.17) is 5.11 Å². The Balaban J connectivity index is 2.95. The number of hydrogen-bond acceptors (Lipinski definition) is 3. The first kappa shape index (κ1) is 13.4. The van der Waals surface area contributed by atoms with Gasteiger partial charge in [0.05, 0.1) is 17.9 Å². The molecule has 5 heteroatoms. The van der Waals surface area contributed by atoms with E-state index < -0.39 is 0 Å². The summed E-state index contributed by atoms with van der Waals surface area (Å²) in [7, 11) is 1.79. The topological polar surface area (TPSA) is 58.4 Å². The first-order valence-corrected chi connectivity index (χ1v) is 5.67. The molecule has 0 atom stereocenters. The second-order valence-corrected chi connectivity index (χ2v) is 3.78. The molecule has 1 aromatic rings. The molecule has 1 aromatic heterocycles. The predicted molar refractivity (Wildman–Crippen MR) is 65.8 cm³/mol. The highest BCUT2D eigenvalue weighted by Crippen LogP contribution is 2.10. The van der Waals surface area contributed by atoms with E-state index >= 15 is 0 Å². The van der Waals surface area contributed by atoms with Crippen molar-refractivity contribution in [1.29, 1.82) is 0 Å². The summed E-state index contributed by atoms with van der Waals surface area (Å²) in [5.41, 5.74) is 1.38. The zero-order valence-corrected chi connectivity index (χ0v) is 10.4. The Bertz CT molecular complexity index is 398. The molecule has 0 saturated heterocycles. The molecule has 0 spiro atoms. The molecule has 0 aliphatic heterocycles. The fourth-order valence-electron chi connectivity index (χ4n) is 1.70. The highest BCUT2D eigenvalue weighted by atomic mass is 16.3. The van der Waals surface area contributed by atoms with Crippen LogP contribution in [0.1, 0.15) is 23.0 Å². The molecule has 0 radical (unpaired) electrons. The van der Waals surface area contributed by atoms with Gasteiger partial charge in [-0.25, -0.2) is 0 Å². The third kappa shape index (κ3) is 3.17. The summed E-state index contributed by atoms with van der Waals surface area (Å²) in [6.45, 7) is 6.25. The monoisotopic (exact) mass is 237 g/mol. The summed E-state index contributed by atoms with van der Waals surface area (Å²) in [5.74, 6) is -0.107. The number of nitrogens with zero attached hydrogens (tertiary/aromatic N) is 3. The molecule has 17 heavy (non-hydrogen) atoms. The van der Waals surface area contributed by atoms with Crippen LogP contribution in [0.2, 0.25) is 0 Å². The van der Waals surface area contributed by atoms with Crippen molar-refractivity contribution in [2.45, 2.75) is 13.3 Å². The molecule has 94 valence electrons. The Morgan fingerprint density at radius 3 is 2.94 bits per heavy atom. The van der Waals surface area contributed by atoms with Crippen LogP contribution in [0.15, 0.2) is 18.9 Å². The number of aliphatic hydroxyl groups excluding tert-OH is 1. The molecule has 1 heterocycles. The second-order valence-electron chi connectivity index (χ2n) is 3.78. The number of carbonyl (C=O) groups is 1. The standard InChI is InChI=1S/C12H19N3O2/c1-4-6-15(7-8-16)12(17)10-9-14(3)13-11(10)5-2/h4,9,16H,1,5-8H2,2-3H3.